The number of rotatable bonds is 0. The summed E-state index contributed by atoms with van der Waals surface area (Å²) in [4.78, 5) is 23.2. The lowest BCUT2D eigenvalue weighted by molar-refractivity contribution is -0.121. The van der Waals surface area contributed by atoms with Crippen LogP contribution in [0.2, 0.25) is 0 Å². The van der Waals surface area contributed by atoms with Gasteiger partial charge in [-0.3, -0.25) is 9.59 Å². The Morgan fingerprint density at radius 1 is 0.789 bits per heavy atom. The molecule has 2 aliphatic heterocycles. The SMILES string of the molecule is O=C1CCCCCCC2OC2OCCC(=O)CCC1. The van der Waals surface area contributed by atoms with Crippen LogP contribution in [-0.4, -0.2) is 30.6 Å². The van der Waals surface area contributed by atoms with Crippen LogP contribution in [0.15, 0.2) is 0 Å². The lowest BCUT2D eigenvalue weighted by atomic mass is 10.0. The molecule has 2 aliphatic rings. The van der Waals surface area contributed by atoms with E-state index in [4.69, 9.17) is 9.47 Å². The summed E-state index contributed by atoms with van der Waals surface area (Å²) < 4.78 is 10.9. The van der Waals surface area contributed by atoms with Crippen molar-refractivity contribution >= 4 is 11.6 Å². The largest absolute Gasteiger partial charge is 0.350 e. The first-order chi connectivity index (χ1) is 9.25. The fourth-order valence-electron chi connectivity index (χ4n) is 2.52. The van der Waals surface area contributed by atoms with Crippen molar-refractivity contribution in [2.24, 2.45) is 0 Å². The Morgan fingerprint density at radius 3 is 2.32 bits per heavy atom. The van der Waals surface area contributed by atoms with E-state index in [-0.39, 0.29) is 18.2 Å². The van der Waals surface area contributed by atoms with Crippen molar-refractivity contribution in [3.05, 3.63) is 0 Å². The highest BCUT2D eigenvalue weighted by Crippen LogP contribution is 2.28. The molecule has 0 N–H and O–H groups in total. The topological polar surface area (TPSA) is 55.9 Å². The Hall–Kier alpha value is -0.740. The van der Waals surface area contributed by atoms with Crippen LogP contribution in [0, 0.1) is 0 Å². The third-order valence-corrected chi connectivity index (χ3v) is 3.80. The van der Waals surface area contributed by atoms with Gasteiger partial charge in [0.25, 0.3) is 0 Å². The number of Topliss-reactive ketones (excluding diaryl/α,β-unsaturated/α-hetero) is 2. The molecule has 0 amide bonds. The van der Waals surface area contributed by atoms with E-state index in [1.807, 2.05) is 0 Å². The van der Waals surface area contributed by atoms with Gasteiger partial charge in [-0.1, -0.05) is 19.3 Å². The number of fused-ring (bicyclic) bond motifs is 1. The van der Waals surface area contributed by atoms with Crippen molar-refractivity contribution in [3.8, 4) is 0 Å². The molecule has 0 bridgehead atoms. The maximum atomic E-state index is 11.6. The van der Waals surface area contributed by atoms with E-state index < -0.39 is 0 Å². The van der Waals surface area contributed by atoms with Gasteiger partial charge in [-0.25, -0.2) is 0 Å². The first kappa shape index (κ1) is 14.7. The van der Waals surface area contributed by atoms with E-state index in [9.17, 15) is 9.59 Å². The average Bonchev–Trinajstić information content (AvgIpc) is 3.11. The molecule has 4 heteroatoms. The van der Waals surface area contributed by atoms with Gasteiger partial charge in [-0.2, -0.15) is 0 Å². The van der Waals surface area contributed by atoms with Crippen LogP contribution in [0.3, 0.4) is 0 Å². The summed E-state index contributed by atoms with van der Waals surface area (Å²) in [6, 6.07) is 0. The molecule has 4 nitrogen and oxygen atoms in total. The summed E-state index contributed by atoms with van der Waals surface area (Å²) in [5, 5.41) is 0. The quantitative estimate of drug-likeness (QED) is 0.634. The molecule has 2 heterocycles. The smallest absolute Gasteiger partial charge is 0.184 e. The van der Waals surface area contributed by atoms with Crippen LogP contribution >= 0.6 is 0 Å². The fourth-order valence-corrected chi connectivity index (χ4v) is 2.52. The predicted octanol–water partition coefficient (Wildman–Crippen LogP) is 2.78. The molecule has 108 valence electrons. The van der Waals surface area contributed by atoms with Crippen molar-refractivity contribution < 1.29 is 19.1 Å². The van der Waals surface area contributed by atoms with Gasteiger partial charge in [0.1, 0.15) is 17.7 Å². The molecular formula is C15H24O4. The second kappa shape index (κ2) is 7.75. The van der Waals surface area contributed by atoms with Crippen LogP contribution < -0.4 is 0 Å². The third kappa shape index (κ3) is 5.83. The third-order valence-electron chi connectivity index (χ3n) is 3.80. The van der Waals surface area contributed by atoms with Crippen LogP contribution in [0.4, 0.5) is 0 Å². The molecule has 0 aromatic rings. The second-order valence-corrected chi connectivity index (χ2v) is 5.55. The number of hydrogen-bond donors (Lipinski definition) is 0. The second-order valence-electron chi connectivity index (χ2n) is 5.55. The van der Waals surface area contributed by atoms with Gasteiger partial charge in [0.05, 0.1) is 6.61 Å². The Kier molecular flexibility index (Phi) is 5.98. The van der Waals surface area contributed by atoms with E-state index >= 15 is 0 Å². The normalized spacial score (nSPS) is 31.8. The number of ether oxygens (including phenoxy) is 2. The molecule has 2 saturated heterocycles. The highest BCUT2D eigenvalue weighted by molar-refractivity contribution is 5.81. The Labute approximate surface area is 114 Å². The zero-order valence-corrected chi connectivity index (χ0v) is 11.6. The minimum atomic E-state index is -0.0673. The lowest BCUT2D eigenvalue weighted by Crippen LogP contribution is -2.08. The van der Waals surface area contributed by atoms with Gasteiger partial charge >= 0.3 is 0 Å². The highest BCUT2D eigenvalue weighted by Gasteiger charge is 2.39. The molecule has 0 saturated carbocycles. The summed E-state index contributed by atoms with van der Waals surface area (Å²) in [6.07, 6.45) is 8.49. The van der Waals surface area contributed by atoms with E-state index in [1.165, 1.54) is 6.42 Å². The monoisotopic (exact) mass is 268 g/mol. The van der Waals surface area contributed by atoms with Gasteiger partial charge in [-0.05, 0) is 19.3 Å². The van der Waals surface area contributed by atoms with Crippen LogP contribution in [0.5, 0.6) is 0 Å². The van der Waals surface area contributed by atoms with Crippen LogP contribution in [0.1, 0.15) is 64.2 Å². The van der Waals surface area contributed by atoms with Gasteiger partial charge in [0.2, 0.25) is 0 Å². The van der Waals surface area contributed by atoms with Gasteiger partial charge in [-0.15, -0.1) is 0 Å². The molecular weight excluding hydrogens is 244 g/mol. The number of epoxide rings is 1. The molecule has 19 heavy (non-hydrogen) atoms. The van der Waals surface area contributed by atoms with Crippen LogP contribution in [-0.2, 0) is 19.1 Å². The molecule has 2 fully saturated rings. The molecule has 0 aromatic heterocycles. The Balaban J connectivity index is 1.71. The van der Waals surface area contributed by atoms with Gasteiger partial charge < -0.3 is 9.47 Å². The molecule has 2 unspecified atom stereocenters. The van der Waals surface area contributed by atoms with E-state index in [2.05, 4.69) is 0 Å². The van der Waals surface area contributed by atoms with E-state index in [0.29, 0.717) is 44.5 Å². The van der Waals surface area contributed by atoms with Crippen molar-refractivity contribution in [2.45, 2.75) is 76.6 Å². The fraction of sp³-hybridized carbons (Fsp3) is 0.867. The van der Waals surface area contributed by atoms with Crippen molar-refractivity contribution in [1.82, 2.24) is 0 Å². The number of ketones is 2. The Morgan fingerprint density at radius 2 is 1.47 bits per heavy atom. The summed E-state index contributed by atoms with van der Waals surface area (Å²) >= 11 is 0. The van der Waals surface area contributed by atoms with Crippen molar-refractivity contribution in [2.75, 3.05) is 6.61 Å². The molecule has 2 atom stereocenters. The minimum Gasteiger partial charge on any atom is -0.350 e. The summed E-state index contributed by atoms with van der Waals surface area (Å²) in [7, 11) is 0. The average molecular weight is 268 g/mol. The van der Waals surface area contributed by atoms with Crippen molar-refractivity contribution in [1.29, 1.82) is 0 Å². The highest BCUT2D eigenvalue weighted by atomic mass is 16.8. The summed E-state index contributed by atoms with van der Waals surface area (Å²) in [6.45, 7) is 0.452. The lowest BCUT2D eigenvalue weighted by Gasteiger charge is -2.04. The first-order valence-electron chi connectivity index (χ1n) is 7.56. The van der Waals surface area contributed by atoms with Crippen LogP contribution in [0.25, 0.3) is 0 Å². The molecule has 0 spiro atoms. The predicted molar refractivity (Wildman–Crippen MR) is 70.8 cm³/mol. The molecule has 2 rings (SSSR count). The minimum absolute atomic E-state index is 0.0673. The zero-order chi connectivity index (χ0) is 13.5. The van der Waals surface area contributed by atoms with Gasteiger partial charge in [0.15, 0.2) is 6.29 Å². The van der Waals surface area contributed by atoms with E-state index in [1.54, 1.807) is 0 Å². The number of carbonyl (C=O) groups excluding carboxylic acids is 2. The van der Waals surface area contributed by atoms with E-state index in [0.717, 1.165) is 25.7 Å². The number of carbonyl (C=O) groups is 2. The van der Waals surface area contributed by atoms with Gasteiger partial charge in [0, 0.05) is 25.7 Å². The standard InChI is InChI=1S/C15H24O4/c16-12-6-3-1-2-4-9-14-15(19-14)18-11-10-13(17)8-5-7-12/h14-15H,1-11H2. The number of hydrogen-bond acceptors (Lipinski definition) is 4. The van der Waals surface area contributed by atoms with Crippen molar-refractivity contribution in [3.63, 3.8) is 0 Å². The molecule has 0 radical (unpaired) electrons. The zero-order valence-electron chi connectivity index (χ0n) is 11.6. The maximum Gasteiger partial charge on any atom is 0.184 e. The summed E-state index contributed by atoms with van der Waals surface area (Å²) in [5.74, 6) is 0.499. The molecule has 0 aromatic carbocycles. The summed E-state index contributed by atoms with van der Waals surface area (Å²) in [5.41, 5.74) is 0. The maximum absolute atomic E-state index is 11.6. The first-order valence-corrected chi connectivity index (χ1v) is 7.56. The molecule has 0 aliphatic carbocycles. The Bertz CT molecular complexity index is 313.